The molecule has 2 saturated heterocycles. The third kappa shape index (κ3) is 2.69. The highest BCUT2D eigenvalue weighted by molar-refractivity contribution is 7.86. The van der Waals surface area contributed by atoms with Crippen LogP contribution < -0.4 is 0 Å². The molecule has 2 heterocycles. The lowest BCUT2D eigenvalue weighted by atomic mass is 10.1. The Morgan fingerprint density at radius 1 is 1.06 bits per heavy atom. The fraction of sp³-hybridized carbons (Fsp3) is 1.00. The highest BCUT2D eigenvalue weighted by Gasteiger charge is 2.40. The number of nitrogens with zero attached hydrogens (tertiary/aromatic N) is 2. The molecule has 0 aromatic carbocycles. The summed E-state index contributed by atoms with van der Waals surface area (Å²) in [6.07, 6.45) is 5.82. The van der Waals surface area contributed by atoms with Crippen LogP contribution in [0.1, 0.15) is 45.4 Å². The molecule has 18 heavy (non-hydrogen) atoms. The van der Waals surface area contributed by atoms with Gasteiger partial charge in [0.25, 0.3) is 10.2 Å². The summed E-state index contributed by atoms with van der Waals surface area (Å²) in [6.45, 7) is 3.37. The monoisotopic (exact) mass is 294 g/mol. The van der Waals surface area contributed by atoms with Crippen molar-refractivity contribution < 1.29 is 8.42 Å². The van der Waals surface area contributed by atoms with E-state index in [4.69, 9.17) is 11.6 Å². The van der Waals surface area contributed by atoms with E-state index in [1.165, 1.54) is 0 Å². The highest BCUT2D eigenvalue weighted by Crippen LogP contribution is 2.29. The van der Waals surface area contributed by atoms with Gasteiger partial charge >= 0.3 is 0 Å². The second-order valence-electron chi connectivity index (χ2n) is 5.24. The molecule has 2 rings (SSSR count). The molecule has 0 saturated carbocycles. The van der Waals surface area contributed by atoms with Crippen LogP contribution in [0.3, 0.4) is 0 Å². The zero-order valence-electron chi connectivity index (χ0n) is 11.0. The van der Waals surface area contributed by atoms with Gasteiger partial charge in [0.1, 0.15) is 0 Å². The summed E-state index contributed by atoms with van der Waals surface area (Å²) in [5, 5.41) is 0. The van der Waals surface area contributed by atoms with Gasteiger partial charge in [-0.05, 0) is 32.1 Å². The average molecular weight is 295 g/mol. The number of rotatable bonds is 4. The lowest BCUT2D eigenvalue weighted by Crippen LogP contribution is -2.52. The van der Waals surface area contributed by atoms with Crippen LogP contribution in [0.25, 0.3) is 0 Å². The van der Waals surface area contributed by atoms with Crippen LogP contribution in [0.4, 0.5) is 0 Å². The van der Waals surface area contributed by atoms with Crippen LogP contribution in [0.15, 0.2) is 0 Å². The first-order valence-corrected chi connectivity index (χ1v) is 8.89. The molecule has 106 valence electrons. The van der Waals surface area contributed by atoms with E-state index in [1.54, 1.807) is 8.61 Å². The Kier molecular flexibility index (Phi) is 4.92. The van der Waals surface area contributed by atoms with Crippen molar-refractivity contribution in [3.8, 4) is 0 Å². The first-order chi connectivity index (χ1) is 8.61. The summed E-state index contributed by atoms with van der Waals surface area (Å²) in [6, 6.07) is 0.177. The first kappa shape index (κ1) is 14.6. The van der Waals surface area contributed by atoms with Crippen LogP contribution in [-0.4, -0.2) is 48.1 Å². The molecule has 6 heteroatoms. The van der Waals surface area contributed by atoms with Gasteiger partial charge < -0.3 is 0 Å². The van der Waals surface area contributed by atoms with Gasteiger partial charge in [0.15, 0.2) is 0 Å². The van der Waals surface area contributed by atoms with E-state index >= 15 is 0 Å². The van der Waals surface area contributed by atoms with Gasteiger partial charge in [-0.15, -0.1) is 11.6 Å². The Bertz CT molecular complexity index is 374. The topological polar surface area (TPSA) is 40.6 Å². The molecule has 2 aliphatic heterocycles. The minimum Gasteiger partial charge on any atom is -0.195 e. The zero-order valence-corrected chi connectivity index (χ0v) is 12.6. The van der Waals surface area contributed by atoms with Gasteiger partial charge in [-0.2, -0.15) is 17.0 Å². The van der Waals surface area contributed by atoms with Crippen molar-refractivity contribution in [3.05, 3.63) is 0 Å². The maximum absolute atomic E-state index is 12.7. The van der Waals surface area contributed by atoms with Crippen molar-refractivity contribution >= 4 is 21.8 Å². The molecule has 0 spiro atoms. The lowest BCUT2D eigenvalue weighted by molar-refractivity contribution is 0.241. The second kappa shape index (κ2) is 6.07. The molecule has 0 amide bonds. The van der Waals surface area contributed by atoms with Crippen LogP contribution in [-0.2, 0) is 10.2 Å². The minimum absolute atomic E-state index is 0.0106. The summed E-state index contributed by atoms with van der Waals surface area (Å²) in [4.78, 5) is 0. The number of halogens is 1. The third-order valence-corrected chi connectivity index (χ3v) is 6.64. The number of hydrogen-bond acceptors (Lipinski definition) is 2. The van der Waals surface area contributed by atoms with Crippen molar-refractivity contribution in [1.29, 1.82) is 0 Å². The van der Waals surface area contributed by atoms with Crippen molar-refractivity contribution in [2.24, 2.45) is 0 Å². The van der Waals surface area contributed by atoms with Crippen molar-refractivity contribution in [2.75, 3.05) is 19.0 Å². The minimum atomic E-state index is -3.30. The van der Waals surface area contributed by atoms with Crippen molar-refractivity contribution in [1.82, 2.24) is 8.61 Å². The summed E-state index contributed by atoms with van der Waals surface area (Å²) in [5.74, 6) is 0.407. The summed E-state index contributed by atoms with van der Waals surface area (Å²) >= 11 is 5.93. The van der Waals surface area contributed by atoms with Gasteiger partial charge in [0.2, 0.25) is 0 Å². The van der Waals surface area contributed by atoms with Gasteiger partial charge in [-0.3, -0.25) is 0 Å². The van der Waals surface area contributed by atoms with E-state index in [0.717, 1.165) is 38.5 Å². The van der Waals surface area contributed by atoms with Crippen molar-refractivity contribution in [3.63, 3.8) is 0 Å². The normalized spacial score (nSPS) is 31.9. The maximum atomic E-state index is 12.7. The lowest BCUT2D eigenvalue weighted by Gasteiger charge is -2.37. The molecule has 0 radical (unpaired) electrons. The van der Waals surface area contributed by atoms with E-state index in [2.05, 4.69) is 6.92 Å². The molecule has 0 bridgehead atoms. The van der Waals surface area contributed by atoms with E-state index in [0.29, 0.717) is 19.0 Å². The van der Waals surface area contributed by atoms with E-state index in [9.17, 15) is 8.42 Å². The standard InChI is InChI=1S/C12H23ClN2O2S/c1-2-11-7-5-9-14(11)18(16,17)15-8-4-3-6-12(15)10-13/h11-12H,2-10H2,1H3. The molecule has 0 aromatic heterocycles. The molecule has 0 aliphatic carbocycles. The highest BCUT2D eigenvalue weighted by atomic mass is 35.5. The Balaban J connectivity index is 2.18. The Labute approximate surface area is 115 Å². The quantitative estimate of drug-likeness (QED) is 0.746. The third-order valence-electron chi connectivity index (χ3n) is 4.14. The molecular formula is C12H23ClN2O2S. The fourth-order valence-corrected chi connectivity index (χ4v) is 5.67. The van der Waals surface area contributed by atoms with Gasteiger partial charge in [-0.25, -0.2) is 0 Å². The molecular weight excluding hydrogens is 272 g/mol. The predicted octanol–water partition coefficient (Wildman–Crippen LogP) is 2.20. The average Bonchev–Trinajstić information content (AvgIpc) is 2.87. The molecule has 4 nitrogen and oxygen atoms in total. The number of hydrogen-bond donors (Lipinski definition) is 0. The summed E-state index contributed by atoms with van der Waals surface area (Å²) in [7, 11) is -3.30. The SMILES string of the molecule is CCC1CCCN1S(=O)(=O)N1CCCCC1CCl. The van der Waals surface area contributed by atoms with E-state index in [-0.39, 0.29) is 12.1 Å². The van der Waals surface area contributed by atoms with Crippen LogP contribution in [0.2, 0.25) is 0 Å². The molecule has 0 N–H and O–H groups in total. The Morgan fingerprint density at radius 3 is 2.33 bits per heavy atom. The Morgan fingerprint density at radius 2 is 1.67 bits per heavy atom. The molecule has 2 atom stereocenters. The van der Waals surface area contributed by atoms with Crippen LogP contribution in [0, 0.1) is 0 Å². The molecule has 2 aliphatic rings. The Hall–Kier alpha value is 0.160. The van der Waals surface area contributed by atoms with Crippen molar-refractivity contribution in [2.45, 2.75) is 57.5 Å². The molecule has 0 aromatic rings. The number of piperidine rings is 1. The van der Waals surface area contributed by atoms with E-state index < -0.39 is 10.2 Å². The van der Waals surface area contributed by atoms with E-state index in [1.807, 2.05) is 0 Å². The first-order valence-electron chi connectivity index (χ1n) is 6.95. The zero-order chi connectivity index (χ0) is 13.2. The van der Waals surface area contributed by atoms with Gasteiger partial charge in [0.05, 0.1) is 0 Å². The molecule has 2 fully saturated rings. The fourth-order valence-electron chi connectivity index (χ4n) is 3.09. The number of alkyl halides is 1. The predicted molar refractivity (Wildman–Crippen MR) is 74.0 cm³/mol. The smallest absolute Gasteiger partial charge is 0.195 e. The summed E-state index contributed by atoms with van der Waals surface area (Å²) < 4.78 is 28.8. The maximum Gasteiger partial charge on any atom is 0.282 e. The molecule has 2 unspecified atom stereocenters. The van der Waals surface area contributed by atoms with Gasteiger partial charge in [-0.1, -0.05) is 13.3 Å². The summed E-state index contributed by atoms with van der Waals surface area (Å²) in [5.41, 5.74) is 0. The van der Waals surface area contributed by atoms with Crippen LogP contribution in [0.5, 0.6) is 0 Å². The largest absolute Gasteiger partial charge is 0.282 e. The van der Waals surface area contributed by atoms with Gasteiger partial charge in [0, 0.05) is 31.1 Å². The second-order valence-corrected chi connectivity index (χ2v) is 7.38. The van der Waals surface area contributed by atoms with Crippen LogP contribution >= 0.6 is 11.6 Å².